The zero-order valence-corrected chi connectivity index (χ0v) is 16.3. The first-order valence-electron chi connectivity index (χ1n) is 8.33. The van der Waals surface area contributed by atoms with Crippen LogP contribution in [0.2, 0.25) is 0 Å². The van der Waals surface area contributed by atoms with Crippen LogP contribution in [0.4, 0.5) is 62.8 Å². The van der Waals surface area contributed by atoms with Gasteiger partial charge in [-0.2, -0.15) is 57.1 Å². The average molecular weight is 497 g/mol. The van der Waals surface area contributed by atoms with Crippen LogP contribution < -0.4 is 4.90 Å². The van der Waals surface area contributed by atoms with Crippen molar-refractivity contribution in [3.05, 3.63) is 29.8 Å². The van der Waals surface area contributed by atoms with Gasteiger partial charge < -0.3 is 10.0 Å². The van der Waals surface area contributed by atoms with Crippen molar-refractivity contribution in [1.29, 1.82) is 0 Å². The molecule has 0 saturated heterocycles. The van der Waals surface area contributed by atoms with E-state index in [0.29, 0.717) is 6.92 Å². The van der Waals surface area contributed by atoms with Gasteiger partial charge >= 0.3 is 35.8 Å². The molecule has 0 radical (unpaired) electrons. The minimum atomic E-state index is -7.97. The molecular weight excluding hydrogens is 481 g/mol. The Bertz CT molecular complexity index is 815. The summed E-state index contributed by atoms with van der Waals surface area (Å²) in [6.07, 6.45) is -10.2. The highest BCUT2D eigenvalue weighted by molar-refractivity contribution is 5.48. The normalized spacial score (nSPS) is 16.7. The lowest BCUT2D eigenvalue weighted by Gasteiger charge is -2.41. The molecule has 0 aromatic heterocycles. The summed E-state index contributed by atoms with van der Waals surface area (Å²) < 4.78 is 172. The van der Waals surface area contributed by atoms with Gasteiger partial charge in [-0.25, -0.2) is 0 Å². The van der Waals surface area contributed by atoms with Crippen LogP contribution in [0, 0.1) is 0 Å². The van der Waals surface area contributed by atoms with Gasteiger partial charge in [-0.15, -0.1) is 0 Å². The number of nitrogens with zero attached hydrogens (tertiary/aromatic N) is 1. The van der Waals surface area contributed by atoms with Gasteiger partial charge in [0.05, 0.1) is 12.0 Å². The van der Waals surface area contributed by atoms with E-state index in [9.17, 15) is 62.2 Å². The van der Waals surface area contributed by atoms with Crippen LogP contribution in [0.25, 0.3) is 0 Å². The van der Waals surface area contributed by atoms with E-state index in [4.69, 9.17) is 0 Å². The SMILES string of the molecule is CN(C)c1cccc(C(C)(O)CC(F)(F)C(F)(F)C(F)(F)C(F)(F)C(F)(F)C(F)(F)F)c1. The third-order valence-electron chi connectivity index (χ3n) is 4.55. The predicted octanol–water partition coefficient (Wildman–Crippen LogP) is 6.09. The van der Waals surface area contributed by atoms with E-state index in [2.05, 4.69) is 0 Å². The molecule has 1 aromatic rings. The van der Waals surface area contributed by atoms with E-state index < -0.39 is 53.4 Å². The second-order valence-electron chi connectivity index (χ2n) is 7.40. The molecule has 2 nitrogen and oxygen atoms in total. The molecule has 32 heavy (non-hydrogen) atoms. The first kappa shape index (κ1) is 28.1. The third kappa shape index (κ3) is 4.31. The summed E-state index contributed by atoms with van der Waals surface area (Å²) >= 11 is 0. The van der Waals surface area contributed by atoms with Crippen molar-refractivity contribution in [2.75, 3.05) is 19.0 Å². The average Bonchev–Trinajstić information content (AvgIpc) is 2.59. The standard InChI is InChI=1S/C17H16F13NO/c1-11(32,9-5-4-6-10(7-9)31(2)3)8-12(18,19)13(20,21)14(22,23)15(24,25)16(26,27)17(28,29)30/h4-7,32H,8H2,1-3H3. The molecule has 15 heteroatoms. The van der Waals surface area contributed by atoms with Crippen LogP contribution in [0.3, 0.4) is 0 Å². The van der Waals surface area contributed by atoms with Crippen molar-refractivity contribution in [3.63, 3.8) is 0 Å². The Labute approximate surface area is 172 Å². The fourth-order valence-electron chi connectivity index (χ4n) is 2.57. The summed E-state index contributed by atoms with van der Waals surface area (Å²) in [5, 5.41) is 10.2. The lowest BCUT2D eigenvalue weighted by atomic mass is 9.84. The maximum Gasteiger partial charge on any atom is 0.460 e. The van der Waals surface area contributed by atoms with Crippen LogP contribution >= 0.6 is 0 Å². The number of aliphatic hydroxyl groups is 1. The van der Waals surface area contributed by atoms with Crippen LogP contribution in [0.15, 0.2) is 24.3 Å². The summed E-state index contributed by atoms with van der Waals surface area (Å²) in [5.74, 6) is -37.5. The second-order valence-corrected chi connectivity index (χ2v) is 7.40. The zero-order chi connectivity index (χ0) is 25.8. The maximum absolute atomic E-state index is 14.1. The Morgan fingerprint density at radius 2 is 1.16 bits per heavy atom. The summed E-state index contributed by atoms with van der Waals surface area (Å²) in [6.45, 7) is 0.409. The van der Waals surface area contributed by atoms with Crippen molar-refractivity contribution in [1.82, 2.24) is 0 Å². The quantitative estimate of drug-likeness (QED) is 0.440. The van der Waals surface area contributed by atoms with Crippen LogP contribution in [-0.2, 0) is 5.60 Å². The van der Waals surface area contributed by atoms with E-state index in [1.54, 1.807) is 0 Å². The number of hydrogen-bond acceptors (Lipinski definition) is 2. The van der Waals surface area contributed by atoms with E-state index >= 15 is 0 Å². The number of alkyl halides is 13. The highest BCUT2D eigenvalue weighted by Crippen LogP contribution is 2.61. The zero-order valence-electron chi connectivity index (χ0n) is 16.3. The number of anilines is 1. The van der Waals surface area contributed by atoms with E-state index in [0.717, 1.165) is 18.2 Å². The number of rotatable bonds is 8. The monoisotopic (exact) mass is 497 g/mol. The van der Waals surface area contributed by atoms with Crippen molar-refractivity contribution >= 4 is 5.69 Å². The van der Waals surface area contributed by atoms with Crippen molar-refractivity contribution < 1.29 is 62.2 Å². The topological polar surface area (TPSA) is 23.5 Å². The van der Waals surface area contributed by atoms with E-state index in [-0.39, 0.29) is 5.69 Å². The van der Waals surface area contributed by atoms with Gasteiger partial charge in [0.2, 0.25) is 0 Å². The van der Waals surface area contributed by atoms with Crippen LogP contribution in [-0.4, -0.2) is 55.0 Å². The second kappa shape index (κ2) is 7.83. The summed E-state index contributed by atoms with van der Waals surface area (Å²) in [4.78, 5) is 1.35. The lowest BCUT2D eigenvalue weighted by Crippen LogP contribution is -2.70. The summed E-state index contributed by atoms with van der Waals surface area (Å²) in [7, 11) is 2.86. The number of hydrogen-bond donors (Lipinski definition) is 1. The molecule has 0 aliphatic carbocycles. The molecule has 0 bridgehead atoms. The molecule has 1 unspecified atom stereocenters. The molecule has 0 fully saturated rings. The smallest absolute Gasteiger partial charge is 0.385 e. The Morgan fingerprint density at radius 1 is 0.719 bits per heavy atom. The molecule has 0 aliphatic heterocycles. The molecule has 0 heterocycles. The van der Waals surface area contributed by atoms with Gasteiger partial charge in [0.15, 0.2) is 0 Å². The fourth-order valence-corrected chi connectivity index (χ4v) is 2.57. The van der Waals surface area contributed by atoms with Gasteiger partial charge in [0.25, 0.3) is 0 Å². The Morgan fingerprint density at radius 3 is 1.56 bits per heavy atom. The number of halogens is 13. The van der Waals surface area contributed by atoms with Gasteiger partial charge in [-0.05, 0) is 24.6 Å². The first-order valence-corrected chi connectivity index (χ1v) is 8.33. The molecule has 0 spiro atoms. The van der Waals surface area contributed by atoms with E-state index in [1.807, 2.05) is 0 Å². The van der Waals surface area contributed by atoms with Gasteiger partial charge in [-0.1, -0.05) is 12.1 Å². The van der Waals surface area contributed by atoms with Crippen molar-refractivity contribution in [2.45, 2.75) is 54.7 Å². The third-order valence-corrected chi connectivity index (χ3v) is 4.55. The Kier molecular flexibility index (Phi) is 6.88. The molecule has 0 amide bonds. The molecule has 1 atom stereocenters. The van der Waals surface area contributed by atoms with Gasteiger partial charge in [-0.3, -0.25) is 0 Å². The lowest BCUT2D eigenvalue weighted by molar-refractivity contribution is -0.441. The molecule has 0 saturated carbocycles. The Hall–Kier alpha value is -1.93. The summed E-state index contributed by atoms with van der Waals surface area (Å²) in [5.41, 5.74) is -3.52. The predicted molar refractivity (Wildman–Crippen MR) is 85.7 cm³/mol. The maximum atomic E-state index is 14.1. The van der Waals surface area contributed by atoms with Crippen LogP contribution in [0.1, 0.15) is 18.9 Å². The largest absolute Gasteiger partial charge is 0.460 e. The fraction of sp³-hybridized carbons (Fsp3) is 0.647. The molecule has 1 rings (SSSR count). The van der Waals surface area contributed by atoms with Crippen molar-refractivity contribution in [3.8, 4) is 0 Å². The van der Waals surface area contributed by atoms with E-state index in [1.165, 1.54) is 25.1 Å². The highest BCUT2D eigenvalue weighted by Gasteiger charge is 2.90. The highest BCUT2D eigenvalue weighted by atomic mass is 19.4. The summed E-state index contributed by atoms with van der Waals surface area (Å²) in [6, 6.07) is 4.30. The molecule has 1 aromatic carbocycles. The van der Waals surface area contributed by atoms with Gasteiger partial charge in [0, 0.05) is 19.8 Å². The Balaban J connectivity index is 3.46. The van der Waals surface area contributed by atoms with Gasteiger partial charge in [0.1, 0.15) is 0 Å². The first-order chi connectivity index (χ1) is 13.9. The van der Waals surface area contributed by atoms with Crippen LogP contribution in [0.5, 0.6) is 0 Å². The molecule has 0 aliphatic rings. The minimum absolute atomic E-state index is 0.194. The molecule has 1 N–H and O–H groups in total. The van der Waals surface area contributed by atoms with Crippen molar-refractivity contribution in [2.24, 2.45) is 0 Å². The molecule has 186 valence electrons. The minimum Gasteiger partial charge on any atom is -0.385 e. The molecular formula is C17H16F13NO. The number of benzene rings is 1.